The summed E-state index contributed by atoms with van der Waals surface area (Å²) >= 11 is 0. The molecule has 1 heterocycles. The molecule has 0 aliphatic carbocycles. The first-order chi connectivity index (χ1) is 16.8. The van der Waals surface area contributed by atoms with Crippen molar-refractivity contribution in [3.63, 3.8) is 0 Å². The van der Waals surface area contributed by atoms with Gasteiger partial charge in [0.1, 0.15) is 5.69 Å². The Kier molecular flexibility index (Phi) is 6.12. The Labute approximate surface area is 198 Å². The van der Waals surface area contributed by atoms with Gasteiger partial charge in [-0.3, -0.25) is 4.79 Å². The van der Waals surface area contributed by atoms with Crippen LogP contribution in [0.4, 0.5) is 5.69 Å². The van der Waals surface area contributed by atoms with Crippen molar-refractivity contribution in [3.8, 4) is 16.9 Å². The van der Waals surface area contributed by atoms with Gasteiger partial charge >= 0.3 is 0 Å². The van der Waals surface area contributed by atoms with Crippen LogP contribution < -0.4 is 5.32 Å². The van der Waals surface area contributed by atoms with Crippen LogP contribution >= 0.6 is 0 Å². The second-order valence-electron chi connectivity index (χ2n) is 7.79. The standard InChI is InChI=1S/C30H23N3O/c34-30(31-25-17-9-3-10-18-25)28-27(22-21-23-13-5-1-6-14-23)33(26-19-11-4-12-20-26)32-29(28)24-15-7-2-8-16-24/h1-22H,(H,31,34)/b22-21+. The van der Waals surface area contributed by atoms with E-state index in [1.165, 1.54) is 0 Å². The summed E-state index contributed by atoms with van der Waals surface area (Å²) in [7, 11) is 0. The third-order valence-corrected chi connectivity index (χ3v) is 5.46. The zero-order valence-electron chi connectivity index (χ0n) is 18.5. The molecule has 0 aliphatic rings. The number of anilines is 1. The Morgan fingerprint density at radius 1 is 0.676 bits per heavy atom. The second kappa shape index (κ2) is 9.84. The first-order valence-corrected chi connectivity index (χ1v) is 11.1. The second-order valence-corrected chi connectivity index (χ2v) is 7.79. The molecule has 1 aromatic heterocycles. The maximum absolute atomic E-state index is 13.7. The number of nitrogens with one attached hydrogen (secondary N) is 1. The van der Waals surface area contributed by atoms with E-state index in [2.05, 4.69) is 5.32 Å². The highest BCUT2D eigenvalue weighted by atomic mass is 16.1. The van der Waals surface area contributed by atoms with Gasteiger partial charge in [0.15, 0.2) is 0 Å². The van der Waals surface area contributed by atoms with Gasteiger partial charge in [-0.2, -0.15) is 5.10 Å². The van der Waals surface area contributed by atoms with Crippen molar-refractivity contribution in [3.05, 3.63) is 138 Å². The van der Waals surface area contributed by atoms with E-state index in [4.69, 9.17) is 5.10 Å². The van der Waals surface area contributed by atoms with Crippen molar-refractivity contribution >= 4 is 23.7 Å². The lowest BCUT2D eigenvalue weighted by molar-refractivity contribution is 0.102. The van der Waals surface area contributed by atoms with Crippen molar-refractivity contribution in [2.75, 3.05) is 5.32 Å². The third kappa shape index (κ3) is 4.57. The first kappa shape index (κ1) is 21.2. The average Bonchev–Trinajstić information content (AvgIpc) is 3.29. The quantitative estimate of drug-likeness (QED) is 0.309. The zero-order chi connectivity index (χ0) is 23.2. The van der Waals surface area contributed by atoms with E-state index in [-0.39, 0.29) is 5.91 Å². The van der Waals surface area contributed by atoms with Gasteiger partial charge in [-0.25, -0.2) is 4.68 Å². The van der Waals surface area contributed by atoms with Gasteiger partial charge in [0.25, 0.3) is 5.91 Å². The summed E-state index contributed by atoms with van der Waals surface area (Å²) in [5.74, 6) is -0.208. The largest absolute Gasteiger partial charge is 0.322 e. The Morgan fingerprint density at radius 2 is 1.24 bits per heavy atom. The molecule has 1 amide bonds. The monoisotopic (exact) mass is 441 g/mol. The lowest BCUT2D eigenvalue weighted by Crippen LogP contribution is -2.14. The topological polar surface area (TPSA) is 46.9 Å². The molecule has 0 aliphatic heterocycles. The summed E-state index contributed by atoms with van der Waals surface area (Å²) in [6, 6.07) is 39.2. The summed E-state index contributed by atoms with van der Waals surface area (Å²) in [5.41, 5.74) is 5.39. The zero-order valence-corrected chi connectivity index (χ0v) is 18.5. The van der Waals surface area contributed by atoms with Gasteiger partial charge in [-0.15, -0.1) is 0 Å². The molecule has 0 atom stereocenters. The van der Waals surface area contributed by atoms with E-state index < -0.39 is 0 Å². The number of rotatable bonds is 6. The minimum Gasteiger partial charge on any atom is -0.322 e. The number of carbonyl (C=O) groups excluding carboxylic acids is 1. The highest BCUT2D eigenvalue weighted by Gasteiger charge is 2.24. The minimum absolute atomic E-state index is 0.208. The maximum atomic E-state index is 13.7. The average molecular weight is 442 g/mol. The maximum Gasteiger partial charge on any atom is 0.260 e. The molecule has 0 saturated heterocycles. The molecule has 4 nitrogen and oxygen atoms in total. The summed E-state index contributed by atoms with van der Waals surface area (Å²) < 4.78 is 1.84. The summed E-state index contributed by atoms with van der Waals surface area (Å²) in [6.07, 6.45) is 3.96. The molecule has 5 rings (SSSR count). The minimum atomic E-state index is -0.208. The lowest BCUT2D eigenvalue weighted by atomic mass is 10.0. The van der Waals surface area contributed by atoms with Gasteiger partial charge in [0, 0.05) is 11.3 Å². The van der Waals surface area contributed by atoms with Crippen LogP contribution in [-0.2, 0) is 0 Å². The fourth-order valence-corrected chi connectivity index (χ4v) is 3.83. The number of nitrogens with zero attached hydrogens (tertiary/aromatic N) is 2. The number of hydrogen-bond acceptors (Lipinski definition) is 2. The van der Waals surface area contributed by atoms with Crippen LogP contribution in [0.25, 0.3) is 29.1 Å². The van der Waals surface area contributed by atoms with Crippen LogP contribution in [-0.4, -0.2) is 15.7 Å². The number of para-hydroxylation sites is 2. The predicted octanol–water partition coefficient (Wildman–Crippen LogP) is 6.96. The molecule has 4 aromatic carbocycles. The number of aromatic nitrogens is 2. The molecule has 1 N–H and O–H groups in total. The van der Waals surface area contributed by atoms with Crippen LogP contribution in [0.15, 0.2) is 121 Å². The Balaban J connectivity index is 1.71. The molecule has 164 valence electrons. The molecule has 0 saturated carbocycles. The van der Waals surface area contributed by atoms with E-state index in [1.807, 2.05) is 138 Å². The van der Waals surface area contributed by atoms with Crippen LogP contribution in [0.1, 0.15) is 21.6 Å². The molecule has 0 spiro atoms. The van der Waals surface area contributed by atoms with Crippen LogP contribution in [0.5, 0.6) is 0 Å². The summed E-state index contributed by atoms with van der Waals surface area (Å²) in [6.45, 7) is 0. The van der Waals surface area contributed by atoms with Crippen molar-refractivity contribution in [2.24, 2.45) is 0 Å². The summed E-state index contributed by atoms with van der Waals surface area (Å²) in [5, 5.41) is 7.98. The van der Waals surface area contributed by atoms with Crippen molar-refractivity contribution in [1.29, 1.82) is 0 Å². The van der Waals surface area contributed by atoms with Crippen LogP contribution in [0.3, 0.4) is 0 Å². The van der Waals surface area contributed by atoms with Crippen molar-refractivity contribution in [2.45, 2.75) is 0 Å². The Morgan fingerprint density at radius 3 is 1.88 bits per heavy atom. The molecule has 0 bridgehead atoms. The SMILES string of the molecule is O=C(Nc1ccccc1)c1c(-c2ccccc2)nn(-c2ccccc2)c1/C=C/c1ccccc1. The highest BCUT2D eigenvalue weighted by Crippen LogP contribution is 2.30. The van der Waals surface area contributed by atoms with Crippen LogP contribution in [0, 0.1) is 0 Å². The van der Waals surface area contributed by atoms with E-state index in [1.54, 1.807) is 0 Å². The number of amides is 1. The fraction of sp³-hybridized carbons (Fsp3) is 0. The molecular formula is C30H23N3O. The highest BCUT2D eigenvalue weighted by molar-refractivity contribution is 6.10. The van der Waals surface area contributed by atoms with Gasteiger partial charge < -0.3 is 5.32 Å². The van der Waals surface area contributed by atoms with Gasteiger partial charge in [0.2, 0.25) is 0 Å². The van der Waals surface area contributed by atoms with E-state index in [0.29, 0.717) is 17.0 Å². The molecule has 0 radical (unpaired) electrons. The smallest absolute Gasteiger partial charge is 0.260 e. The fourth-order valence-electron chi connectivity index (χ4n) is 3.83. The van der Waals surface area contributed by atoms with E-state index in [0.717, 1.165) is 22.5 Å². The number of carbonyl (C=O) groups is 1. The lowest BCUT2D eigenvalue weighted by Gasteiger charge is -2.08. The van der Waals surface area contributed by atoms with E-state index in [9.17, 15) is 4.79 Å². The van der Waals surface area contributed by atoms with Gasteiger partial charge in [-0.05, 0) is 35.9 Å². The van der Waals surface area contributed by atoms with Gasteiger partial charge in [-0.1, -0.05) is 103 Å². The normalized spacial score (nSPS) is 10.9. The predicted molar refractivity (Wildman–Crippen MR) is 139 cm³/mol. The van der Waals surface area contributed by atoms with Crippen molar-refractivity contribution < 1.29 is 4.79 Å². The Hall–Kier alpha value is -4.70. The Bertz CT molecular complexity index is 1410. The van der Waals surface area contributed by atoms with Gasteiger partial charge in [0.05, 0.1) is 16.9 Å². The molecule has 34 heavy (non-hydrogen) atoms. The van der Waals surface area contributed by atoms with Crippen LogP contribution in [0.2, 0.25) is 0 Å². The number of hydrogen-bond donors (Lipinski definition) is 1. The molecule has 5 aromatic rings. The molecule has 4 heteroatoms. The number of benzene rings is 4. The molecule has 0 fully saturated rings. The molecular weight excluding hydrogens is 418 g/mol. The van der Waals surface area contributed by atoms with Crippen molar-refractivity contribution in [1.82, 2.24) is 9.78 Å². The molecule has 0 unspecified atom stereocenters. The third-order valence-electron chi connectivity index (χ3n) is 5.46. The van der Waals surface area contributed by atoms with E-state index >= 15 is 0 Å². The first-order valence-electron chi connectivity index (χ1n) is 11.1. The summed E-state index contributed by atoms with van der Waals surface area (Å²) in [4.78, 5) is 13.7.